The number of hydrogen-bond acceptors (Lipinski definition) is 5. The number of rotatable bonds is 4. The van der Waals surface area contributed by atoms with Crippen molar-refractivity contribution < 1.29 is 9.53 Å². The Balaban J connectivity index is 1.93. The van der Waals surface area contributed by atoms with Crippen LogP contribution in [0.3, 0.4) is 0 Å². The highest BCUT2D eigenvalue weighted by molar-refractivity contribution is 7.09. The van der Waals surface area contributed by atoms with Crippen molar-refractivity contribution in [3.05, 3.63) is 45.9 Å². The number of carbonyl (C=O) groups excluding carboxylic acids is 1. The Bertz CT molecular complexity index is 538. The number of carbonyl (C=O) groups is 1. The first-order valence-corrected chi connectivity index (χ1v) is 6.46. The van der Waals surface area contributed by atoms with Gasteiger partial charge in [-0.2, -0.15) is 0 Å². The summed E-state index contributed by atoms with van der Waals surface area (Å²) in [5.41, 5.74) is 7.13. The highest BCUT2D eigenvalue weighted by atomic mass is 32.1. The van der Waals surface area contributed by atoms with E-state index in [9.17, 15) is 4.79 Å². The van der Waals surface area contributed by atoms with Gasteiger partial charge in [-0.1, -0.05) is 6.07 Å². The Morgan fingerprint density at radius 2 is 2.39 bits per heavy atom. The van der Waals surface area contributed by atoms with Crippen LogP contribution in [-0.2, 0) is 11.2 Å². The number of aromatic nitrogens is 1. The van der Waals surface area contributed by atoms with Crippen LogP contribution in [0.5, 0.6) is 0 Å². The van der Waals surface area contributed by atoms with Gasteiger partial charge in [0.2, 0.25) is 0 Å². The molecule has 0 aliphatic heterocycles. The molecule has 4 nitrogen and oxygen atoms in total. The van der Waals surface area contributed by atoms with Gasteiger partial charge in [0.15, 0.2) is 0 Å². The van der Waals surface area contributed by atoms with E-state index in [2.05, 4.69) is 4.98 Å². The molecule has 0 saturated heterocycles. The molecule has 2 aromatic heterocycles. The highest BCUT2D eigenvalue weighted by Gasteiger charge is 2.11. The molecule has 0 fully saturated rings. The number of esters is 1. The molecule has 0 unspecified atom stereocenters. The number of pyridine rings is 1. The lowest BCUT2D eigenvalue weighted by Crippen LogP contribution is -2.10. The smallest absolute Gasteiger partial charge is 0.340 e. The minimum Gasteiger partial charge on any atom is -0.462 e. The first kappa shape index (κ1) is 12.6. The molecule has 0 amide bonds. The number of anilines is 1. The van der Waals surface area contributed by atoms with Crippen LogP contribution in [-0.4, -0.2) is 17.6 Å². The fourth-order valence-electron chi connectivity index (χ4n) is 1.53. The van der Waals surface area contributed by atoms with Gasteiger partial charge in [0, 0.05) is 11.3 Å². The maximum atomic E-state index is 11.8. The number of nitrogens with two attached hydrogens (primary N) is 1. The van der Waals surface area contributed by atoms with Gasteiger partial charge in [0.05, 0.1) is 29.7 Å². The Labute approximate surface area is 109 Å². The van der Waals surface area contributed by atoms with Crippen LogP contribution in [0, 0.1) is 6.92 Å². The second kappa shape index (κ2) is 5.64. The monoisotopic (exact) mass is 262 g/mol. The summed E-state index contributed by atoms with van der Waals surface area (Å²) in [4.78, 5) is 17.1. The third-order valence-electron chi connectivity index (χ3n) is 2.49. The minimum absolute atomic E-state index is 0.369. The molecular weight excluding hydrogens is 248 g/mol. The van der Waals surface area contributed by atoms with Crippen molar-refractivity contribution in [1.82, 2.24) is 4.98 Å². The summed E-state index contributed by atoms with van der Waals surface area (Å²) in [7, 11) is 0. The van der Waals surface area contributed by atoms with Gasteiger partial charge >= 0.3 is 5.97 Å². The predicted octanol–water partition coefficient (Wildman–Crippen LogP) is 2.43. The lowest BCUT2D eigenvalue weighted by atomic mass is 10.2. The van der Waals surface area contributed by atoms with E-state index in [1.54, 1.807) is 24.3 Å². The fraction of sp³-hybridized carbons (Fsp3) is 0.231. The maximum Gasteiger partial charge on any atom is 0.340 e. The second-order valence-electron chi connectivity index (χ2n) is 3.87. The van der Waals surface area contributed by atoms with E-state index in [4.69, 9.17) is 10.5 Å². The lowest BCUT2D eigenvalue weighted by molar-refractivity contribution is 0.0508. The van der Waals surface area contributed by atoms with Gasteiger partial charge in [-0.05, 0) is 24.4 Å². The second-order valence-corrected chi connectivity index (χ2v) is 4.90. The van der Waals surface area contributed by atoms with Crippen LogP contribution < -0.4 is 5.73 Å². The number of nitrogen functional groups attached to an aromatic ring is 1. The molecule has 2 aromatic rings. The molecule has 0 saturated carbocycles. The van der Waals surface area contributed by atoms with Crippen molar-refractivity contribution in [1.29, 1.82) is 0 Å². The van der Waals surface area contributed by atoms with Crippen LogP contribution >= 0.6 is 11.3 Å². The van der Waals surface area contributed by atoms with Crippen molar-refractivity contribution in [3.8, 4) is 0 Å². The van der Waals surface area contributed by atoms with E-state index >= 15 is 0 Å². The van der Waals surface area contributed by atoms with Gasteiger partial charge in [-0.3, -0.25) is 4.98 Å². The van der Waals surface area contributed by atoms with Crippen LogP contribution in [0.1, 0.15) is 20.9 Å². The number of nitrogens with zero attached hydrogens (tertiary/aromatic N) is 1. The zero-order valence-electron chi connectivity index (χ0n) is 10.1. The van der Waals surface area contributed by atoms with Crippen molar-refractivity contribution in [2.75, 3.05) is 12.3 Å². The average molecular weight is 262 g/mol. The van der Waals surface area contributed by atoms with E-state index in [1.807, 2.05) is 17.5 Å². The van der Waals surface area contributed by atoms with Gasteiger partial charge in [-0.25, -0.2) is 4.79 Å². The molecule has 2 heterocycles. The third-order valence-corrected chi connectivity index (χ3v) is 3.43. The van der Waals surface area contributed by atoms with Crippen molar-refractivity contribution in [2.24, 2.45) is 0 Å². The normalized spacial score (nSPS) is 10.3. The number of ether oxygens (including phenoxy) is 1. The van der Waals surface area contributed by atoms with Gasteiger partial charge in [0.25, 0.3) is 0 Å². The summed E-state index contributed by atoms with van der Waals surface area (Å²) in [5.74, 6) is -0.371. The molecular formula is C13H14N2O2S. The average Bonchev–Trinajstić information content (AvgIpc) is 2.85. The molecule has 5 heteroatoms. The first-order valence-electron chi connectivity index (χ1n) is 5.58. The maximum absolute atomic E-state index is 11.8. The molecule has 0 radical (unpaired) electrons. The Morgan fingerprint density at radius 3 is 3.11 bits per heavy atom. The quantitative estimate of drug-likeness (QED) is 0.859. The standard InChI is InChI=1S/C13H14N2O2S/c1-9-12(7-10(14)8-15-9)13(16)17-5-4-11-3-2-6-18-11/h2-3,6-8H,4-5,14H2,1H3. The summed E-state index contributed by atoms with van der Waals surface area (Å²) in [6.07, 6.45) is 2.26. The third kappa shape index (κ3) is 3.07. The summed E-state index contributed by atoms with van der Waals surface area (Å²) in [6, 6.07) is 5.59. The molecule has 94 valence electrons. The molecule has 0 bridgehead atoms. The van der Waals surface area contributed by atoms with Crippen LogP contribution in [0.2, 0.25) is 0 Å². The molecule has 0 aliphatic rings. The fourth-order valence-corrected chi connectivity index (χ4v) is 2.22. The number of thiophene rings is 1. The van der Waals surface area contributed by atoms with Crippen LogP contribution in [0.15, 0.2) is 29.8 Å². The topological polar surface area (TPSA) is 65.2 Å². The van der Waals surface area contributed by atoms with Crippen molar-refractivity contribution in [2.45, 2.75) is 13.3 Å². The molecule has 2 N–H and O–H groups in total. The summed E-state index contributed by atoms with van der Waals surface area (Å²) in [5, 5.41) is 2.00. The zero-order chi connectivity index (χ0) is 13.0. The van der Waals surface area contributed by atoms with E-state index in [-0.39, 0.29) is 5.97 Å². The van der Waals surface area contributed by atoms with E-state index in [0.717, 1.165) is 6.42 Å². The summed E-state index contributed by atoms with van der Waals surface area (Å²) < 4.78 is 5.21. The molecule has 18 heavy (non-hydrogen) atoms. The van der Waals surface area contributed by atoms with E-state index in [1.165, 1.54) is 11.1 Å². The number of aryl methyl sites for hydroxylation is 1. The molecule has 0 aliphatic carbocycles. The molecule has 0 spiro atoms. The zero-order valence-corrected chi connectivity index (χ0v) is 10.9. The summed E-state index contributed by atoms with van der Waals surface area (Å²) in [6.45, 7) is 2.13. The SMILES string of the molecule is Cc1ncc(N)cc1C(=O)OCCc1cccs1. The molecule has 2 rings (SSSR count). The van der Waals surface area contributed by atoms with Gasteiger partial charge in [0.1, 0.15) is 0 Å². The molecule has 0 atom stereocenters. The Kier molecular flexibility index (Phi) is 3.94. The first-order chi connectivity index (χ1) is 8.66. The Hall–Kier alpha value is -1.88. The van der Waals surface area contributed by atoms with E-state index < -0.39 is 0 Å². The van der Waals surface area contributed by atoms with Crippen molar-refractivity contribution >= 4 is 23.0 Å². The Morgan fingerprint density at radius 1 is 1.56 bits per heavy atom. The van der Waals surface area contributed by atoms with Crippen LogP contribution in [0.4, 0.5) is 5.69 Å². The molecule has 0 aromatic carbocycles. The van der Waals surface area contributed by atoms with E-state index in [0.29, 0.717) is 23.6 Å². The van der Waals surface area contributed by atoms with Gasteiger partial charge in [-0.15, -0.1) is 11.3 Å². The van der Waals surface area contributed by atoms with Crippen molar-refractivity contribution in [3.63, 3.8) is 0 Å². The predicted molar refractivity (Wildman–Crippen MR) is 71.7 cm³/mol. The van der Waals surface area contributed by atoms with Crippen LogP contribution in [0.25, 0.3) is 0 Å². The number of hydrogen-bond donors (Lipinski definition) is 1. The minimum atomic E-state index is -0.371. The largest absolute Gasteiger partial charge is 0.462 e. The summed E-state index contributed by atoms with van der Waals surface area (Å²) >= 11 is 1.65. The van der Waals surface area contributed by atoms with Gasteiger partial charge < -0.3 is 10.5 Å². The lowest BCUT2D eigenvalue weighted by Gasteiger charge is -2.06. The highest BCUT2D eigenvalue weighted by Crippen LogP contribution is 2.12.